The Hall–Kier alpha value is -2.56. The van der Waals surface area contributed by atoms with E-state index in [0.29, 0.717) is 5.56 Å². The first-order chi connectivity index (χ1) is 8.75. The second-order valence-electron chi connectivity index (χ2n) is 3.96. The largest absolute Gasteiger partial charge is 0.329 e. The molecule has 3 rings (SSSR count). The van der Waals surface area contributed by atoms with E-state index in [2.05, 4.69) is 15.0 Å². The molecule has 18 heavy (non-hydrogen) atoms. The summed E-state index contributed by atoms with van der Waals surface area (Å²) in [7, 11) is 1.91. The summed E-state index contributed by atoms with van der Waals surface area (Å²) in [6, 6.07) is 7.42. The van der Waals surface area contributed by atoms with E-state index in [4.69, 9.17) is 0 Å². The summed E-state index contributed by atoms with van der Waals surface area (Å²) < 4.78 is 0. The first-order valence-corrected chi connectivity index (χ1v) is 5.48. The number of benzene rings is 1. The maximum absolute atomic E-state index is 11.4. The molecule has 2 aromatic rings. The average Bonchev–Trinajstić information content (AvgIpc) is 2.80. The number of nitrogens with zero attached hydrogens (tertiary/aromatic N) is 4. The Bertz CT molecular complexity index is 637. The summed E-state index contributed by atoms with van der Waals surface area (Å²) in [6.07, 6.45) is 4.79. The molecule has 88 valence electrons. The number of aliphatic imine (C=N–C) groups is 1. The zero-order valence-electron chi connectivity index (χ0n) is 9.74. The number of hydrogen-bond acceptors (Lipinski definition) is 4. The van der Waals surface area contributed by atoms with E-state index >= 15 is 0 Å². The van der Waals surface area contributed by atoms with Gasteiger partial charge in [0.25, 0.3) is 5.91 Å². The molecule has 0 fully saturated rings. The smallest absolute Gasteiger partial charge is 0.277 e. The Labute approximate surface area is 104 Å². The minimum Gasteiger partial charge on any atom is -0.329 e. The Morgan fingerprint density at radius 2 is 2.11 bits per heavy atom. The lowest BCUT2D eigenvalue weighted by molar-refractivity contribution is 0.101. The molecule has 0 saturated heterocycles. The van der Waals surface area contributed by atoms with Crippen LogP contribution in [0.1, 0.15) is 15.9 Å². The van der Waals surface area contributed by atoms with Crippen molar-refractivity contribution < 1.29 is 4.79 Å². The van der Waals surface area contributed by atoms with Crippen molar-refractivity contribution in [3.05, 3.63) is 47.9 Å². The standard InChI is InChI=1S/C13H10N4O/c1-17(12-4-5-14-8-16-12)10-2-3-11-9(6-10)7-15-13(11)18/h2-8H,1H3. The summed E-state index contributed by atoms with van der Waals surface area (Å²) in [5, 5.41) is 0. The van der Waals surface area contributed by atoms with Crippen molar-refractivity contribution in [2.45, 2.75) is 0 Å². The number of amides is 1. The second kappa shape index (κ2) is 4.03. The van der Waals surface area contributed by atoms with Crippen molar-refractivity contribution in [2.24, 2.45) is 4.99 Å². The summed E-state index contributed by atoms with van der Waals surface area (Å²) >= 11 is 0. The van der Waals surface area contributed by atoms with Gasteiger partial charge in [0, 0.05) is 30.7 Å². The molecule has 0 bridgehead atoms. The highest BCUT2D eigenvalue weighted by molar-refractivity contribution is 6.13. The van der Waals surface area contributed by atoms with Crippen LogP contribution in [-0.2, 0) is 0 Å². The molecule has 1 amide bonds. The van der Waals surface area contributed by atoms with E-state index in [1.807, 2.05) is 30.1 Å². The van der Waals surface area contributed by atoms with Crippen LogP contribution in [0.25, 0.3) is 0 Å². The maximum Gasteiger partial charge on any atom is 0.277 e. The SMILES string of the molecule is CN(c1ccc2c(c1)C=NC2=O)c1ccncn1. The van der Waals surface area contributed by atoms with Crippen LogP contribution >= 0.6 is 0 Å². The number of hydrogen-bond donors (Lipinski definition) is 0. The van der Waals surface area contributed by atoms with Crippen molar-refractivity contribution in [1.29, 1.82) is 0 Å². The van der Waals surface area contributed by atoms with Gasteiger partial charge in [0.05, 0.1) is 5.56 Å². The molecule has 0 aliphatic carbocycles. The number of carbonyl (C=O) groups excluding carboxylic acids is 1. The van der Waals surface area contributed by atoms with Gasteiger partial charge in [0.15, 0.2) is 0 Å². The first-order valence-electron chi connectivity index (χ1n) is 5.48. The van der Waals surface area contributed by atoms with E-state index in [9.17, 15) is 4.79 Å². The highest BCUT2D eigenvalue weighted by Gasteiger charge is 2.16. The van der Waals surface area contributed by atoms with E-state index in [-0.39, 0.29) is 5.91 Å². The van der Waals surface area contributed by atoms with Crippen LogP contribution in [-0.4, -0.2) is 29.1 Å². The molecular weight excluding hydrogens is 228 g/mol. The second-order valence-corrected chi connectivity index (χ2v) is 3.96. The zero-order valence-corrected chi connectivity index (χ0v) is 9.74. The predicted octanol–water partition coefficient (Wildman–Crippen LogP) is 1.82. The molecule has 0 radical (unpaired) electrons. The zero-order chi connectivity index (χ0) is 12.5. The first kappa shape index (κ1) is 10.6. The van der Waals surface area contributed by atoms with E-state index in [0.717, 1.165) is 17.1 Å². The van der Waals surface area contributed by atoms with Crippen molar-refractivity contribution in [1.82, 2.24) is 9.97 Å². The van der Waals surface area contributed by atoms with Crippen LogP contribution in [0, 0.1) is 0 Å². The van der Waals surface area contributed by atoms with Crippen LogP contribution in [0.15, 0.2) is 41.8 Å². The van der Waals surface area contributed by atoms with Gasteiger partial charge in [-0.1, -0.05) is 0 Å². The van der Waals surface area contributed by atoms with Crippen molar-refractivity contribution in [3.63, 3.8) is 0 Å². The normalized spacial score (nSPS) is 12.6. The molecule has 1 aliphatic rings. The lowest BCUT2D eigenvalue weighted by Gasteiger charge is -2.18. The predicted molar refractivity (Wildman–Crippen MR) is 68.5 cm³/mol. The van der Waals surface area contributed by atoms with Crippen LogP contribution in [0.4, 0.5) is 11.5 Å². The molecule has 2 heterocycles. The minimum atomic E-state index is -0.179. The molecule has 0 N–H and O–H groups in total. The van der Waals surface area contributed by atoms with Gasteiger partial charge in [-0.2, -0.15) is 0 Å². The molecule has 5 heteroatoms. The minimum absolute atomic E-state index is 0.179. The maximum atomic E-state index is 11.4. The van der Waals surface area contributed by atoms with Gasteiger partial charge in [0.1, 0.15) is 12.1 Å². The third-order valence-electron chi connectivity index (χ3n) is 2.88. The van der Waals surface area contributed by atoms with Gasteiger partial charge >= 0.3 is 0 Å². The average molecular weight is 238 g/mol. The van der Waals surface area contributed by atoms with Crippen molar-refractivity contribution in [3.8, 4) is 0 Å². The quantitative estimate of drug-likeness (QED) is 0.800. The Balaban J connectivity index is 1.99. The van der Waals surface area contributed by atoms with Crippen LogP contribution in [0.3, 0.4) is 0 Å². The van der Waals surface area contributed by atoms with E-state index in [1.165, 1.54) is 6.33 Å². The van der Waals surface area contributed by atoms with Gasteiger partial charge in [-0.05, 0) is 24.3 Å². The lowest BCUT2D eigenvalue weighted by Crippen LogP contribution is -2.11. The molecule has 1 aromatic carbocycles. The van der Waals surface area contributed by atoms with Gasteiger partial charge < -0.3 is 4.90 Å². The van der Waals surface area contributed by atoms with Crippen LogP contribution < -0.4 is 4.90 Å². The monoisotopic (exact) mass is 238 g/mol. The summed E-state index contributed by atoms with van der Waals surface area (Å²) in [4.78, 5) is 25.1. The number of rotatable bonds is 2. The van der Waals surface area contributed by atoms with Crippen LogP contribution in [0.2, 0.25) is 0 Å². The summed E-state index contributed by atoms with van der Waals surface area (Å²) in [5.41, 5.74) is 2.45. The molecule has 0 unspecified atom stereocenters. The Morgan fingerprint density at radius 3 is 2.89 bits per heavy atom. The number of carbonyl (C=O) groups is 1. The molecule has 5 nitrogen and oxygen atoms in total. The highest BCUT2D eigenvalue weighted by Crippen LogP contribution is 2.25. The fraction of sp³-hybridized carbons (Fsp3) is 0.0769. The van der Waals surface area contributed by atoms with Gasteiger partial charge in [0.2, 0.25) is 0 Å². The molecule has 1 aliphatic heterocycles. The fourth-order valence-electron chi connectivity index (χ4n) is 1.87. The van der Waals surface area contributed by atoms with E-state index in [1.54, 1.807) is 18.5 Å². The molecule has 0 atom stereocenters. The Kier molecular flexibility index (Phi) is 2.37. The van der Waals surface area contributed by atoms with E-state index < -0.39 is 0 Å². The topological polar surface area (TPSA) is 58.5 Å². The molecule has 0 saturated carbocycles. The number of aromatic nitrogens is 2. The van der Waals surface area contributed by atoms with Gasteiger partial charge in [-0.15, -0.1) is 0 Å². The molecular formula is C13H10N4O. The molecule has 0 spiro atoms. The fourth-order valence-corrected chi connectivity index (χ4v) is 1.87. The Morgan fingerprint density at radius 1 is 1.22 bits per heavy atom. The van der Waals surface area contributed by atoms with Crippen LogP contribution in [0.5, 0.6) is 0 Å². The van der Waals surface area contributed by atoms with Gasteiger partial charge in [-0.25, -0.2) is 15.0 Å². The van der Waals surface area contributed by atoms with Gasteiger partial charge in [-0.3, -0.25) is 4.79 Å². The summed E-state index contributed by atoms with van der Waals surface area (Å²) in [6.45, 7) is 0. The number of anilines is 2. The third kappa shape index (κ3) is 1.66. The number of fused-ring (bicyclic) bond motifs is 1. The lowest BCUT2D eigenvalue weighted by atomic mass is 10.1. The third-order valence-corrected chi connectivity index (χ3v) is 2.88. The van der Waals surface area contributed by atoms with Crippen molar-refractivity contribution >= 4 is 23.6 Å². The summed E-state index contributed by atoms with van der Waals surface area (Å²) in [5.74, 6) is 0.618. The highest BCUT2D eigenvalue weighted by atomic mass is 16.1. The molecule has 1 aromatic heterocycles. The van der Waals surface area contributed by atoms with Crippen molar-refractivity contribution in [2.75, 3.05) is 11.9 Å².